The molecule has 6 saturated carbocycles. The summed E-state index contributed by atoms with van der Waals surface area (Å²) in [5.41, 5.74) is 9.59. The molecule has 26 heteroatoms. The molecule has 6 heterocycles. The molecule has 6 fully saturated rings. The molecule has 0 bridgehead atoms. The molecule has 0 amide bonds. The van der Waals surface area contributed by atoms with Gasteiger partial charge in [0.1, 0.15) is 111 Å². The predicted molar refractivity (Wildman–Crippen MR) is 490 cm³/mol. The molecule has 12 atom stereocenters. The van der Waals surface area contributed by atoms with Gasteiger partial charge in [0.25, 0.3) is 35.5 Å². The van der Waals surface area contributed by atoms with Gasteiger partial charge in [-0.05, 0) is 219 Å². The Morgan fingerprint density at radius 3 is 0.942 bits per heavy atom. The number of fused-ring (bicyclic) bond motifs is 18. The van der Waals surface area contributed by atoms with Gasteiger partial charge in [0.05, 0.1) is 32.5 Å². The summed E-state index contributed by atoms with van der Waals surface area (Å²) in [6.07, 6.45) is -5.08. The first-order valence-corrected chi connectivity index (χ1v) is 46.5. The first-order chi connectivity index (χ1) is 65.1. The normalized spacial score (nSPS) is 28.0. The van der Waals surface area contributed by atoms with Crippen molar-refractivity contribution < 1.29 is 116 Å². The predicted octanol–water partition coefficient (Wildman–Crippen LogP) is 27.3. The van der Waals surface area contributed by atoms with Crippen LogP contribution in [0.25, 0.3) is 0 Å². The lowest BCUT2D eigenvalue weighted by atomic mass is 9.63. The first-order valence-electron chi connectivity index (χ1n) is 46.1. The number of alkyl halides is 12. The van der Waals surface area contributed by atoms with Crippen LogP contribution in [0.1, 0.15) is 199 Å². The second-order valence-corrected chi connectivity index (χ2v) is 39.2. The lowest BCUT2D eigenvalue weighted by Gasteiger charge is -2.41. The molecular weight excluding hydrogens is 1810 g/mol. The van der Waals surface area contributed by atoms with Crippen LogP contribution in [0.3, 0.4) is 0 Å². The zero-order valence-corrected chi connectivity index (χ0v) is 75.7. The molecule has 0 radical (unpaired) electrons. The molecule has 12 aromatic carbocycles. The summed E-state index contributed by atoms with van der Waals surface area (Å²) in [7, 11) is 0. The topological polar surface area (TPSA) is 177 Å². The van der Waals surface area contributed by atoms with Gasteiger partial charge in [0, 0.05) is 115 Å². The van der Waals surface area contributed by atoms with Crippen LogP contribution in [-0.2, 0) is 32.5 Å². The number of phenols is 6. The van der Waals surface area contributed by atoms with Gasteiger partial charge in [-0.25, -0.2) is 57.1 Å². The van der Waals surface area contributed by atoms with Gasteiger partial charge in [0.15, 0.2) is 0 Å². The summed E-state index contributed by atoms with van der Waals surface area (Å²) >= 11 is 6.41. The van der Waals surface area contributed by atoms with Gasteiger partial charge in [-0.1, -0.05) is 163 Å². The zero-order chi connectivity index (χ0) is 96.6. The second kappa shape index (κ2) is 34.6. The van der Waals surface area contributed by atoms with E-state index in [0.717, 1.165) is 78.1 Å². The van der Waals surface area contributed by atoms with E-state index in [1.54, 1.807) is 109 Å². The summed E-state index contributed by atoms with van der Waals surface area (Å²) in [4.78, 5) is 0. The van der Waals surface area contributed by atoms with Crippen molar-refractivity contribution >= 4 is 11.6 Å². The smallest absolute Gasteiger partial charge is 0.251 e. The fraction of sp³-hybridized carbons (Fsp3) is 0.351. The monoisotopic (exact) mass is 1910 g/mol. The van der Waals surface area contributed by atoms with Crippen LogP contribution in [0, 0.1) is 26.6 Å². The van der Waals surface area contributed by atoms with Crippen molar-refractivity contribution in [2.24, 2.45) is 0 Å². The Hall–Kier alpha value is -12.4. The average molecular weight is 1910 g/mol. The number of aryl methyl sites for hydroxylation is 3. The standard InChI is InChI=1S/3C19H18F2O2.C18H15ClF2O2.C18H15F3O2.C18H16F2O2/c1-12-2-7-16-15(10-12)19(13-3-5-14(22)6-4-13)9-8-18(20,21)11-17(19)23-16;1-12-2-7-15-16(10-12)23-17-11-18(20,21)8-9-19(15,17)13-3-5-14(22)6-4-13;1-12-3-2-4-15-17(12)23-16-11-18(20,21)9-10-19(15,16)13-5-7-14(22)8-6-13;2*19-13-2-1-3-14-16(13)18(11-4-6-12(22)7-5-11)9-8-17(20,21)10-15(18)23-14;19-17(20)9-10-18(12-5-7-13(21)8-6-12)14-3-1-2-4-15(14)22-16(18)11-17/h2*2-7,10,17,22H,8-9,11H2,1H3;2-8,16,22H,9-11H2,1H3;2*1-7,15,22H,8-10H2;1-8,16,21H,9-11H2. The first kappa shape index (κ1) is 93.6. The maximum absolute atomic E-state index is 14.5. The fourth-order valence-electron chi connectivity index (χ4n) is 23.9. The van der Waals surface area contributed by atoms with Crippen LogP contribution in [0.2, 0.25) is 5.02 Å². The zero-order valence-electron chi connectivity index (χ0n) is 74.9. The highest BCUT2D eigenvalue weighted by atomic mass is 35.5. The molecule has 24 rings (SSSR count). The van der Waals surface area contributed by atoms with E-state index >= 15 is 0 Å². The van der Waals surface area contributed by atoms with Crippen LogP contribution >= 0.6 is 11.6 Å². The van der Waals surface area contributed by atoms with Crippen molar-refractivity contribution in [3.05, 3.63) is 355 Å². The molecule has 137 heavy (non-hydrogen) atoms. The minimum atomic E-state index is -2.82. The maximum atomic E-state index is 14.5. The third-order valence-electron chi connectivity index (χ3n) is 30.6. The van der Waals surface area contributed by atoms with E-state index in [-0.39, 0.29) is 118 Å². The van der Waals surface area contributed by atoms with E-state index in [0.29, 0.717) is 70.6 Å². The Bertz CT molecular complexity index is 6310. The Kier molecular flexibility index (Phi) is 23.7. The molecule has 6 aliphatic heterocycles. The van der Waals surface area contributed by atoms with Gasteiger partial charge < -0.3 is 59.1 Å². The van der Waals surface area contributed by atoms with Crippen LogP contribution in [0.15, 0.2) is 261 Å². The highest BCUT2D eigenvalue weighted by Crippen LogP contribution is 2.65. The SMILES string of the molecule is Cc1ccc2c(c1)C1(c3ccc(O)cc3)CCC(F)(F)CC1O2.Cc1ccc2c(c1)OC1CC(F)(F)CCC21c1ccc(O)cc1.Cc1cccc2c1OC1CC(F)(F)CCC21c1ccc(O)cc1.Oc1ccc(C23CCC(F)(F)CC2Oc2cccc(Cl)c23)cc1.Oc1ccc(C23CCC(F)(F)CC2Oc2cccc(F)c23)cc1.Oc1ccc(C23CCC(F)(F)CC2Oc2ccccc23)cc1. The van der Waals surface area contributed by atoms with Crippen molar-refractivity contribution in [3.63, 3.8) is 0 Å². The lowest BCUT2D eigenvalue weighted by Crippen LogP contribution is -2.48. The Labute approximate surface area is 788 Å². The van der Waals surface area contributed by atoms with Crippen LogP contribution < -0.4 is 28.4 Å². The number of ether oxygens (including phenoxy) is 6. The van der Waals surface area contributed by atoms with Gasteiger partial charge in [0.2, 0.25) is 0 Å². The summed E-state index contributed by atoms with van der Waals surface area (Å²) in [6.45, 7) is 5.90. The number of para-hydroxylation sites is 2. The molecular formula is C111H100ClF13O12. The van der Waals surface area contributed by atoms with E-state index in [9.17, 15) is 87.7 Å². The molecule has 0 aromatic heterocycles. The lowest BCUT2D eigenvalue weighted by molar-refractivity contribution is -0.0837. The quantitative estimate of drug-likeness (QED) is 0.0870. The Balaban J connectivity index is 0.000000105. The average Bonchev–Trinajstić information content (AvgIpc) is 1.57. The molecule has 0 saturated heterocycles. The van der Waals surface area contributed by atoms with Crippen molar-refractivity contribution in [1.29, 1.82) is 0 Å². The molecule has 12 nitrogen and oxygen atoms in total. The van der Waals surface area contributed by atoms with Crippen molar-refractivity contribution in [2.45, 2.75) is 241 Å². The number of rotatable bonds is 6. The second-order valence-electron chi connectivity index (χ2n) is 38.8. The fourth-order valence-corrected chi connectivity index (χ4v) is 24.2. The number of hydrogen-bond acceptors (Lipinski definition) is 12. The summed E-state index contributed by atoms with van der Waals surface area (Å²) in [6, 6.07) is 75.5. The molecule has 0 spiro atoms. The van der Waals surface area contributed by atoms with Gasteiger partial charge in [-0.2, -0.15) is 0 Å². The number of hydrogen-bond donors (Lipinski definition) is 6. The van der Waals surface area contributed by atoms with Gasteiger partial charge in [-0.15, -0.1) is 0 Å². The van der Waals surface area contributed by atoms with E-state index < -0.39 is 117 Å². The Morgan fingerprint density at radius 2 is 0.526 bits per heavy atom. The summed E-state index contributed by atoms with van der Waals surface area (Å²) in [5.74, 6) is -12.1. The Morgan fingerprint density at radius 1 is 0.248 bits per heavy atom. The minimum absolute atomic E-state index is 0.0792. The maximum Gasteiger partial charge on any atom is 0.251 e. The van der Waals surface area contributed by atoms with Gasteiger partial charge >= 0.3 is 0 Å². The van der Waals surface area contributed by atoms with E-state index in [1.165, 1.54) is 24.3 Å². The largest absolute Gasteiger partial charge is 0.508 e. The number of halogens is 14. The molecule has 12 aliphatic rings. The molecule has 12 aromatic rings. The third kappa shape index (κ3) is 16.7. The van der Waals surface area contributed by atoms with E-state index in [4.69, 9.17) is 40.0 Å². The van der Waals surface area contributed by atoms with Crippen molar-refractivity contribution in [1.82, 2.24) is 0 Å². The highest BCUT2D eigenvalue weighted by molar-refractivity contribution is 6.31. The van der Waals surface area contributed by atoms with E-state index in [1.807, 2.05) is 148 Å². The minimum Gasteiger partial charge on any atom is -0.508 e. The van der Waals surface area contributed by atoms with E-state index in [2.05, 4.69) is 0 Å². The van der Waals surface area contributed by atoms with Gasteiger partial charge in [-0.3, -0.25) is 0 Å². The van der Waals surface area contributed by atoms with Crippen LogP contribution in [0.4, 0.5) is 57.1 Å². The molecule has 714 valence electrons. The number of phenolic OH excluding ortho intramolecular Hbond substituents is 6. The molecule has 6 N–H and O–H groups in total. The molecule has 6 aliphatic carbocycles. The summed E-state index contributed by atoms with van der Waals surface area (Å²) in [5, 5.41) is 57.8. The third-order valence-corrected chi connectivity index (χ3v) is 30.9. The van der Waals surface area contributed by atoms with Crippen LogP contribution in [0.5, 0.6) is 69.0 Å². The van der Waals surface area contributed by atoms with Crippen molar-refractivity contribution in [2.75, 3.05) is 0 Å². The van der Waals surface area contributed by atoms with Crippen LogP contribution in [-0.4, -0.2) is 103 Å². The highest BCUT2D eigenvalue weighted by Gasteiger charge is 2.65. The van der Waals surface area contributed by atoms with Crippen molar-refractivity contribution in [3.8, 4) is 69.0 Å². The number of aromatic hydroxyl groups is 6. The number of benzene rings is 12. The summed E-state index contributed by atoms with van der Waals surface area (Å²) < 4.78 is 217. The molecule has 12 unspecified atom stereocenters.